The monoisotopic (exact) mass is 315 g/mol. The highest BCUT2D eigenvalue weighted by Crippen LogP contribution is 2.46. The van der Waals surface area contributed by atoms with Crippen LogP contribution in [0.3, 0.4) is 0 Å². The van der Waals surface area contributed by atoms with Crippen LogP contribution in [0.2, 0.25) is 0 Å². The van der Waals surface area contributed by atoms with Crippen molar-refractivity contribution in [2.24, 2.45) is 11.8 Å². The van der Waals surface area contributed by atoms with Gasteiger partial charge in [0.05, 0.1) is 11.6 Å². The van der Waals surface area contributed by atoms with Crippen molar-refractivity contribution in [2.75, 3.05) is 0 Å². The molecule has 0 bridgehead atoms. The third-order valence-electron chi connectivity index (χ3n) is 5.02. The van der Waals surface area contributed by atoms with Crippen LogP contribution in [0.25, 0.3) is 0 Å². The molecule has 2 nitrogen and oxygen atoms in total. The smallest absolute Gasteiger partial charge is 0.163 e. The number of Topliss-reactive ketones (excluding diaryl/α,β-unsaturated/α-hetero) is 1. The number of hydrogen-bond donors (Lipinski definition) is 0. The summed E-state index contributed by atoms with van der Waals surface area (Å²) < 4.78 is 0. The van der Waals surface area contributed by atoms with Crippen LogP contribution in [0.1, 0.15) is 46.7 Å². The molecule has 2 heteroatoms. The van der Waals surface area contributed by atoms with Crippen molar-refractivity contribution in [3.8, 4) is 6.07 Å². The lowest BCUT2D eigenvalue weighted by molar-refractivity contribution is 0.0962. The third-order valence-corrected chi connectivity index (χ3v) is 5.02. The predicted octanol–water partition coefficient (Wildman–Crippen LogP) is 4.98. The van der Waals surface area contributed by atoms with Crippen LogP contribution in [0.5, 0.6) is 0 Å². The van der Waals surface area contributed by atoms with Crippen LogP contribution in [-0.2, 0) is 0 Å². The topological polar surface area (TPSA) is 40.9 Å². The van der Waals surface area contributed by atoms with E-state index in [1.165, 1.54) is 5.56 Å². The lowest BCUT2D eigenvalue weighted by Gasteiger charge is -2.24. The number of carbonyl (C=O) groups excluding carboxylic acids is 1. The van der Waals surface area contributed by atoms with Gasteiger partial charge in [0.2, 0.25) is 0 Å². The molecule has 0 N–H and O–H groups in total. The molecule has 0 aliphatic heterocycles. The van der Waals surface area contributed by atoms with Gasteiger partial charge in [-0.2, -0.15) is 5.26 Å². The summed E-state index contributed by atoms with van der Waals surface area (Å²) in [6, 6.07) is 19.5. The van der Waals surface area contributed by atoms with Crippen LogP contribution >= 0.6 is 0 Å². The Hall–Kier alpha value is -2.40. The van der Waals surface area contributed by atoms with E-state index >= 15 is 0 Å². The van der Waals surface area contributed by atoms with E-state index < -0.39 is 0 Å². The van der Waals surface area contributed by atoms with Crippen molar-refractivity contribution in [1.29, 1.82) is 5.26 Å². The molecule has 1 saturated carbocycles. The lowest BCUT2D eigenvalue weighted by Crippen LogP contribution is -2.16. The largest absolute Gasteiger partial charge is 0.294 e. The molecule has 3 unspecified atom stereocenters. The lowest BCUT2D eigenvalue weighted by atomic mass is 9.79. The maximum atomic E-state index is 12.7. The van der Waals surface area contributed by atoms with Crippen molar-refractivity contribution in [1.82, 2.24) is 0 Å². The second kappa shape index (κ2) is 7.45. The van der Waals surface area contributed by atoms with Gasteiger partial charge in [-0.1, -0.05) is 49.4 Å². The van der Waals surface area contributed by atoms with Gasteiger partial charge in [0.1, 0.15) is 0 Å². The van der Waals surface area contributed by atoms with E-state index in [0.717, 1.165) is 12.8 Å². The van der Waals surface area contributed by atoms with Gasteiger partial charge in [-0.25, -0.2) is 0 Å². The van der Waals surface area contributed by atoms with Gasteiger partial charge < -0.3 is 0 Å². The Labute approximate surface area is 144 Å². The molecule has 24 heavy (non-hydrogen) atoms. The van der Waals surface area contributed by atoms with Gasteiger partial charge in [0.25, 0.3) is 0 Å². The molecule has 1 fully saturated rings. The number of rotatable bonds is 5. The van der Waals surface area contributed by atoms with Crippen molar-refractivity contribution in [3.05, 3.63) is 84.6 Å². The Morgan fingerprint density at radius 1 is 1.12 bits per heavy atom. The van der Waals surface area contributed by atoms with E-state index in [1.807, 2.05) is 6.07 Å². The Balaban J connectivity index is 1.77. The summed E-state index contributed by atoms with van der Waals surface area (Å²) in [6.07, 6.45) is 4.73. The average Bonchev–Trinajstić information content (AvgIpc) is 3.05. The molecule has 2 aromatic carbocycles. The number of nitrogens with zero attached hydrogens (tertiary/aromatic N) is 1. The average molecular weight is 315 g/mol. The number of carbonyl (C=O) groups is 1. The highest BCUT2D eigenvalue weighted by atomic mass is 16.1. The zero-order valence-electron chi connectivity index (χ0n) is 13.7. The van der Waals surface area contributed by atoms with Gasteiger partial charge >= 0.3 is 0 Å². The number of hydrogen-bond acceptors (Lipinski definition) is 2. The Kier molecular flexibility index (Phi) is 5.11. The molecule has 120 valence electrons. The van der Waals surface area contributed by atoms with Crippen LogP contribution in [0, 0.1) is 36.5 Å². The first kappa shape index (κ1) is 16.5. The fourth-order valence-corrected chi connectivity index (χ4v) is 3.76. The Morgan fingerprint density at radius 2 is 1.83 bits per heavy atom. The van der Waals surface area contributed by atoms with Crippen LogP contribution in [0.15, 0.2) is 54.6 Å². The molecular formula is C22H21NO. The third kappa shape index (κ3) is 3.41. The van der Waals surface area contributed by atoms with Gasteiger partial charge in [0, 0.05) is 12.0 Å². The molecule has 0 aromatic heterocycles. The Bertz CT molecular complexity index is 727. The first-order chi connectivity index (χ1) is 11.7. The number of benzene rings is 2. The minimum Gasteiger partial charge on any atom is -0.294 e. The maximum Gasteiger partial charge on any atom is 0.163 e. The normalized spacial score (nSPS) is 22.9. The molecule has 1 aliphatic rings. The van der Waals surface area contributed by atoms with Gasteiger partial charge in [-0.15, -0.1) is 0 Å². The SMILES string of the molecule is [CH2]CC1C[CH]C(CC(=O)c2ccc(C#N)cc2)C1c1ccccc1. The first-order valence-corrected chi connectivity index (χ1v) is 8.44. The molecule has 1 aliphatic carbocycles. The van der Waals surface area contributed by atoms with Crippen molar-refractivity contribution in [2.45, 2.75) is 25.2 Å². The molecule has 0 heterocycles. The summed E-state index contributed by atoms with van der Waals surface area (Å²) in [7, 11) is 0. The van der Waals surface area contributed by atoms with Crippen LogP contribution < -0.4 is 0 Å². The first-order valence-electron chi connectivity index (χ1n) is 8.44. The minimum atomic E-state index is 0.145. The van der Waals surface area contributed by atoms with Gasteiger partial charge in [0.15, 0.2) is 5.78 Å². The van der Waals surface area contributed by atoms with E-state index in [4.69, 9.17) is 5.26 Å². The summed E-state index contributed by atoms with van der Waals surface area (Å²) in [5.74, 6) is 1.27. The molecular weight excluding hydrogens is 294 g/mol. The quantitative estimate of drug-likeness (QED) is 0.730. The van der Waals surface area contributed by atoms with Crippen molar-refractivity contribution < 1.29 is 4.79 Å². The van der Waals surface area contributed by atoms with E-state index in [-0.39, 0.29) is 11.7 Å². The van der Waals surface area contributed by atoms with Crippen molar-refractivity contribution in [3.63, 3.8) is 0 Å². The van der Waals surface area contributed by atoms with Gasteiger partial charge in [-0.3, -0.25) is 4.79 Å². The minimum absolute atomic E-state index is 0.145. The number of nitriles is 1. The highest BCUT2D eigenvalue weighted by molar-refractivity contribution is 5.96. The number of ketones is 1. The molecule has 2 radical (unpaired) electrons. The van der Waals surface area contributed by atoms with Crippen molar-refractivity contribution >= 4 is 5.78 Å². The highest BCUT2D eigenvalue weighted by Gasteiger charge is 2.37. The van der Waals surface area contributed by atoms with E-state index in [9.17, 15) is 4.79 Å². The molecule has 2 aromatic rings. The van der Waals surface area contributed by atoms with Crippen LogP contribution in [-0.4, -0.2) is 5.78 Å². The maximum absolute atomic E-state index is 12.7. The van der Waals surface area contributed by atoms with E-state index in [1.54, 1.807) is 24.3 Å². The zero-order chi connectivity index (χ0) is 16.9. The predicted molar refractivity (Wildman–Crippen MR) is 95.2 cm³/mol. The zero-order valence-corrected chi connectivity index (χ0v) is 13.7. The molecule has 0 amide bonds. The fraction of sp³-hybridized carbons (Fsp3) is 0.273. The summed E-state index contributed by atoms with van der Waals surface area (Å²) >= 11 is 0. The second-order valence-corrected chi connectivity index (χ2v) is 6.44. The standard InChI is InChI=1S/C22H21NO/c1-2-17-12-13-20(22(17)19-6-4-3-5-7-19)14-21(24)18-10-8-16(15-23)9-11-18/h3-11,13,17,20,22H,1-2,12,14H2. The molecule has 3 atom stereocenters. The van der Waals surface area contributed by atoms with Gasteiger partial charge in [-0.05, 0) is 54.7 Å². The molecule has 0 spiro atoms. The summed E-state index contributed by atoms with van der Waals surface area (Å²) in [5, 5.41) is 8.87. The summed E-state index contributed by atoms with van der Waals surface area (Å²) in [6.45, 7) is 4.10. The fourth-order valence-electron chi connectivity index (χ4n) is 3.76. The second-order valence-electron chi connectivity index (χ2n) is 6.44. The van der Waals surface area contributed by atoms with Crippen LogP contribution in [0.4, 0.5) is 0 Å². The van der Waals surface area contributed by atoms with E-state index in [2.05, 4.69) is 43.7 Å². The summed E-state index contributed by atoms with van der Waals surface area (Å²) in [4.78, 5) is 12.7. The Morgan fingerprint density at radius 3 is 2.46 bits per heavy atom. The summed E-state index contributed by atoms with van der Waals surface area (Å²) in [5.41, 5.74) is 2.57. The molecule has 0 saturated heterocycles. The molecule has 3 rings (SSSR count). The van der Waals surface area contributed by atoms with E-state index in [0.29, 0.717) is 29.4 Å².